The summed E-state index contributed by atoms with van der Waals surface area (Å²) >= 11 is 0. The summed E-state index contributed by atoms with van der Waals surface area (Å²) in [6.07, 6.45) is 0. The van der Waals surface area contributed by atoms with E-state index in [4.69, 9.17) is 17.5 Å². The van der Waals surface area contributed by atoms with Crippen LogP contribution in [0.3, 0.4) is 0 Å². The first kappa shape index (κ1) is 22.5. The van der Waals surface area contributed by atoms with E-state index < -0.39 is 10.4 Å². The zero-order valence-corrected chi connectivity index (χ0v) is 12.0. The van der Waals surface area contributed by atoms with Gasteiger partial charge >= 0.3 is 112 Å². The molecule has 4 nitrogen and oxygen atoms in total. The molecule has 0 saturated carbocycles. The summed E-state index contributed by atoms with van der Waals surface area (Å²) in [5, 5.41) is 0. The molecule has 0 aromatic heterocycles. The zero-order chi connectivity index (χ0) is 4.50. The molecule has 8 heavy (non-hydrogen) atoms. The van der Waals surface area contributed by atoms with Crippen LogP contribution in [0.25, 0.3) is 0 Å². The van der Waals surface area contributed by atoms with Gasteiger partial charge in [-0.25, -0.2) is 0 Å². The van der Waals surface area contributed by atoms with E-state index in [1.165, 1.54) is 0 Å². The van der Waals surface area contributed by atoms with Gasteiger partial charge in [-0.15, -0.1) is 0 Å². The van der Waals surface area contributed by atoms with Gasteiger partial charge < -0.3 is 13.4 Å². The summed E-state index contributed by atoms with van der Waals surface area (Å²) in [5.41, 5.74) is 0. The molecule has 8 heteroatoms. The smallest absolute Gasteiger partial charge is 1.00 e. The second kappa shape index (κ2) is 10.5. The van der Waals surface area contributed by atoms with Crippen molar-refractivity contribution in [3.63, 3.8) is 0 Å². The Kier molecular flexibility index (Phi) is 29.7. The van der Waals surface area contributed by atoms with Crippen LogP contribution in [0.5, 0.6) is 0 Å². The van der Waals surface area contributed by atoms with Crippen molar-refractivity contribution in [3.05, 3.63) is 0 Å². The summed E-state index contributed by atoms with van der Waals surface area (Å²) in [6.45, 7) is 0. The van der Waals surface area contributed by atoms with Crippen molar-refractivity contribution < 1.29 is 73.2 Å². The van der Waals surface area contributed by atoms with Crippen LogP contribution in [-0.4, -0.2) is 78.3 Å². The number of hydrogen-bond donors (Lipinski definition) is 0. The van der Waals surface area contributed by atoms with Crippen LogP contribution in [0, 0.1) is 0 Å². The van der Waals surface area contributed by atoms with Gasteiger partial charge in [-0.2, -0.15) is 0 Å². The van der Waals surface area contributed by atoms with E-state index in [2.05, 4.69) is 0 Å². The summed E-state index contributed by atoms with van der Waals surface area (Å²) in [5.74, 6) is 0. The van der Waals surface area contributed by atoms with Gasteiger partial charge in [0.05, 0.1) is 0 Å². The molecular formula is H3CaKMgO4S. The van der Waals surface area contributed by atoms with Crippen molar-refractivity contribution in [3.8, 4) is 0 Å². The van der Waals surface area contributed by atoms with Crippen molar-refractivity contribution in [2.45, 2.75) is 0 Å². The SMILES string of the molecule is O=S(=O)([O-])[O-].[Ca+2].[H-].[H-].[H-].[K+].[Mg+2]. The summed E-state index contributed by atoms with van der Waals surface area (Å²) < 4.78 is 34.1. The molecule has 0 unspecified atom stereocenters. The molecule has 0 heterocycles. The second-order valence-corrected chi connectivity index (χ2v) is 1.22. The quantitative estimate of drug-likeness (QED) is 0.224. The molecule has 0 aliphatic carbocycles. The maximum absolute atomic E-state index is 8.52. The van der Waals surface area contributed by atoms with Crippen molar-refractivity contribution in [1.82, 2.24) is 0 Å². The fourth-order valence-corrected chi connectivity index (χ4v) is 0. The average molecular weight is 203 g/mol. The van der Waals surface area contributed by atoms with Crippen molar-refractivity contribution in [2.75, 3.05) is 0 Å². The van der Waals surface area contributed by atoms with E-state index in [1.807, 2.05) is 0 Å². The van der Waals surface area contributed by atoms with E-state index in [9.17, 15) is 0 Å². The third-order valence-electron chi connectivity index (χ3n) is 0. The van der Waals surface area contributed by atoms with Crippen LogP contribution in [0.4, 0.5) is 0 Å². The Labute approximate surface area is 141 Å². The third-order valence-corrected chi connectivity index (χ3v) is 0. The van der Waals surface area contributed by atoms with Crippen LogP contribution in [-0.2, 0) is 10.4 Å². The van der Waals surface area contributed by atoms with Crippen LogP contribution in [0.15, 0.2) is 0 Å². The molecule has 0 amide bonds. The Bertz CT molecular complexity index is 109. The Morgan fingerprint density at radius 1 is 1.25 bits per heavy atom. The van der Waals surface area contributed by atoms with Gasteiger partial charge in [0, 0.05) is 10.4 Å². The van der Waals surface area contributed by atoms with Gasteiger partial charge in [-0.1, -0.05) is 0 Å². The van der Waals surface area contributed by atoms with E-state index in [1.54, 1.807) is 0 Å². The van der Waals surface area contributed by atoms with Gasteiger partial charge in [0.25, 0.3) is 0 Å². The number of rotatable bonds is 0. The Hall–Kier alpha value is 3.53. The van der Waals surface area contributed by atoms with E-state index >= 15 is 0 Å². The van der Waals surface area contributed by atoms with Gasteiger partial charge in [-0.3, -0.25) is 8.42 Å². The molecule has 0 aromatic rings. The first-order valence-corrected chi connectivity index (χ1v) is 2.00. The molecule has 0 aliphatic heterocycles. The van der Waals surface area contributed by atoms with E-state index in [-0.39, 0.29) is 116 Å². The summed E-state index contributed by atoms with van der Waals surface area (Å²) in [4.78, 5) is 0. The molecule has 0 fully saturated rings. The van der Waals surface area contributed by atoms with Crippen LogP contribution < -0.4 is 51.4 Å². The first-order chi connectivity index (χ1) is 2.00. The summed E-state index contributed by atoms with van der Waals surface area (Å²) in [7, 11) is -5.17. The third kappa shape index (κ3) is 55.6. The Morgan fingerprint density at radius 3 is 1.25 bits per heavy atom. The van der Waals surface area contributed by atoms with Gasteiger partial charge in [0.15, 0.2) is 0 Å². The molecule has 0 bridgehead atoms. The molecule has 0 saturated heterocycles. The van der Waals surface area contributed by atoms with Gasteiger partial charge in [0.1, 0.15) is 0 Å². The Balaban J connectivity index is -0.00000000533. The molecule has 0 rings (SSSR count). The van der Waals surface area contributed by atoms with Crippen LogP contribution >= 0.6 is 0 Å². The zero-order valence-electron chi connectivity index (χ0n) is 7.46. The molecule has 0 radical (unpaired) electrons. The van der Waals surface area contributed by atoms with Gasteiger partial charge in [-0.05, 0) is 0 Å². The minimum atomic E-state index is -5.17. The Morgan fingerprint density at radius 2 is 1.25 bits per heavy atom. The maximum Gasteiger partial charge on any atom is 2.00 e. The predicted octanol–water partition coefficient (Wildman–Crippen LogP) is -4.76. The fraction of sp³-hybridized carbons (Fsp3) is 0. The van der Waals surface area contributed by atoms with Crippen LogP contribution in [0.1, 0.15) is 4.28 Å². The monoisotopic (exact) mass is 202 g/mol. The van der Waals surface area contributed by atoms with Crippen molar-refractivity contribution >= 4 is 71.2 Å². The maximum atomic E-state index is 8.52. The molecule has 0 N–H and O–H groups in total. The normalized spacial score (nSPS) is 7.25. The minimum Gasteiger partial charge on any atom is -1.00 e. The topological polar surface area (TPSA) is 80.3 Å². The fourth-order valence-electron chi connectivity index (χ4n) is 0. The first-order valence-electron chi connectivity index (χ1n) is 0.667. The van der Waals surface area contributed by atoms with Crippen molar-refractivity contribution in [2.24, 2.45) is 0 Å². The second-order valence-electron chi connectivity index (χ2n) is 0.408. The van der Waals surface area contributed by atoms with E-state index in [0.717, 1.165) is 0 Å². The van der Waals surface area contributed by atoms with Crippen LogP contribution in [0.2, 0.25) is 0 Å². The van der Waals surface area contributed by atoms with Crippen molar-refractivity contribution in [1.29, 1.82) is 0 Å². The molecule has 38 valence electrons. The minimum absolute atomic E-state index is 0. The summed E-state index contributed by atoms with van der Waals surface area (Å²) in [6, 6.07) is 0. The van der Waals surface area contributed by atoms with Gasteiger partial charge in [0.2, 0.25) is 0 Å². The molecule has 0 atom stereocenters. The standard InChI is InChI=1S/Ca.K.Mg.H2O4S.3H/c;;;1-5(2,3)4;;;/h;;;(H2,1,2,3,4);;;/q+2;+1;+2;;3*-1/p-2. The number of hydrogen-bond acceptors (Lipinski definition) is 4. The largest absolute Gasteiger partial charge is 2.00 e. The average Bonchev–Trinajstić information content (AvgIpc) is 0.722. The predicted molar refractivity (Wildman–Crippen MR) is 25.3 cm³/mol. The molecule has 0 aromatic carbocycles. The molecule has 0 spiro atoms. The molecular weight excluding hydrogens is 200 g/mol. The molecule has 0 aliphatic rings. The van der Waals surface area contributed by atoms with E-state index in [0.29, 0.717) is 0 Å².